The number of aliphatic hydroxyl groups excluding tert-OH is 2. The largest absolute Gasteiger partial charge is 0.493 e. The molecule has 2 N–H and O–H groups in total. The average molecular weight is 547 g/mol. The molecule has 204 valence electrons. The van der Waals surface area contributed by atoms with Crippen molar-refractivity contribution >= 4 is 21.5 Å². The number of methoxy groups -OCH3 is 2. The summed E-state index contributed by atoms with van der Waals surface area (Å²) in [4.78, 5) is 22.4. The number of aliphatic hydroxyl groups is 2. The van der Waals surface area contributed by atoms with E-state index < -0.39 is 0 Å². The maximum absolute atomic E-state index is 13.5. The van der Waals surface area contributed by atoms with E-state index >= 15 is 0 Å². The Bertz CT molecular complexity index is 1950. The summed E-state index contributed by atoms with van der Waals surface area (Å²) in [6.45, 7) is -0.552. The molecule has 6 aromatic rings. The molecular weight excluding hydrogens is 520 g/mol. The van der Waals surface area contributed by atoms with Crippen molar-refractivity contribution in [1.82, 2.24) is 19.7 Å². The number of rotatable bonds is 7. The lowest BCUT2D eigenvalue weighted by Crippen LogP contribution is -2.23. The molecule has 0 aliphatic rings. The topological polar surface area (TPSA) is 120 Å². The molecule has 0 amide bonds. The Kier molecular flexibility index (Phi) is 6.88. The van der Waals surface area contributed by atoms with Gasteiger partial charge in [-0.2, -0.15) is 9.78 Å². The fraction of sp³-hybridized carbons (Fsp3) is 0.125. The summed E-state index contributed by atoms with van der Waals surface area (Å²) >= 11 is 0. The number of aromatic nitrogens is 4. The second-order valence-corrected chi connectivity index (χ2v) is 9.39. The first-order valence-corrected chi connectivity index (χ1v) is 12.9. The minimum Gasteiger partial charge on any atom is -0.493 e. The number of nitrogens with zero attached hydrogens (tertiary/aromatic N) is 4. The summed E-state index contributed by atoms with van der Waals surface area (Å²) in [5, 5.41) is 28.0. The van der Waals surface area contributed by atoms with Gasteiger partial charge in [-0.05, 0) is 76.0 Å². The fourth-order valence-electron chi connectivity index (χ4n) is 5.20. The lowest BCUT2D eigenvalue weighted by Gasteiger charge is -2.18. The lowest BCUT2D eigenvalue weighted by molar-refractivity contribution is 0.260. The maximum atomic E-state index is 13.5. The third kappa shape index (κ3) is 4.47. The van der Waals surface area contributed by atoms with Crippen molar-refractivity contribution in [3.05, 3.63) is 107 Å². The molecular formula is C32H26N4O5. The number of pyridine rings is 2. The molecule has 0 aliphatic carbocycles. The minimum absolute atomic E-state index is 0.258. The van der Waals surface area contributed by atoms with Crippen molar-refractivity contribution < 1.29 is 19.7 Å². The van der Waals surface area contributed by atoms with Crippen LogP contribution in [0.1, 0.15) is 11.1 Å². The van der Waals surface area contributed by atoms with Gasteiger partial charge >= 0.3 is 0 Å². The molecule has 0 unspecified atom stereocenters. The van der Waals surface area contributed by atoms with E-state index in [0.717, 1.165) is 21.7 Å². The van der Waals surface area contributed by atoms with Crippen LogP contribution in [0.4, 0.5) is 0 Å². The Morgan fingerprint density at radius 2 is 1.59 bits per heavy atom. The Labute approximate surface area is 234 Å². The van der Waals surface area contributed by atoms with Crippen molar-refractivity contribution in [3.63, 3.8) is 0 Å². The number of hydrogen-bond acceptors (Lipinski definition) is 8. The van der Waals surface area contributed by atoms with Crippen LogP contribution in [-0.4, -0.2) is 44.2 Å². The van der Waals surface area contributed by atoms with Gasteiger partial charge in [0.25, 0.3) is 5.56 Å². The van der Waals surface area contributed by atoms with Gasteiger partial charge in [0.2, 0.25) is 0 Å². The smallest absolute Gasteiger partial charge is 0.280 e. The summed E-state index contributed by atoms with van der Waals surface area (Å²) in [6.07, 6.45) is 5.02. The molecule has 0 atom stereocenters. The Hall–Kier alpha value is -5.12. The van der Waals surface area contributed by atoms with E-state index in [9.17, 15) is 15.0 Å². The van der Waals surface area contributed by atoms with Crippen molar-refractivity contribution in [3.8, 4) is 39.7 Å². The predicted molar refractivity (Wildman–Crippen MR) is 156 cm³/mol. The van der Waals surface area contributed by atoms with E-state index in [4.69, 9.17) is 14.6 Å². The van der Waals surface area contributed by atoms with E-state index in [1.165, 1.54) is 4.68 Å². The second-order valence-electron chi connectivity index (χ2n) is 9.39. The minimum atomic E-state index is -0.297. The SMILES string of the molecule is COc1cc2cc(CO)c(CO)c(-c3ccc(-n4nc(-c5cccnc5)c5ccccc5c4=O)nc3)c2cc1OC. The van der Waals surface area contributed by atoms with Crippen molar-refractivity contribution in [2.45, 2.75) is 13.2 Å². The highest BCUT2D eigenvalue weighted by Crippen LogP contribution is 2.40. The predicted octanol–water partition coefficient (Wildman–Crippen LogP) is 4.66. The Morgan fingerprint density at radius 1 is 0.805 bits per heavy atom. The molecule has 41 heavy (non-hydrogen) atoms. The molecule has 0 saturated carbocycles. The first kappa shape index (κ1) is 26.1. The van der Waals surface area contributed by atoms with Gasteiger partial charge in [0.15, 0.2) is 17.3 Å². The molecule has 0 aliphatic heterocycles. The molecule has 6 rings (SSSR count). The van der Waals surface area contributed by atoms with Gasteiger partial charge in [-0.3, -0.25) is 9.78 Å². The third-order valence-corrected chi connectivity index (χ3v) is 7.17. The summed E-state index contributed by atoms with van der Waals surface area (Å²) in [6, 6.07) is 20.1. The van der Waals surface area contributed by atoms with Crippen molar-refractivity contribution in [2.75, 3.05) is 14.2 Å². The van der Waals surface area contributed by atoms with Crippen molar-refractivity contribution in [1.29, 1.82) is 0 Å². The van der Waals surface area contributed by atoms with Gasteiger partial charge in [-0.25, -0.2) is 4.98 Å². The van der Waals surface area contributed by atoms with Gasteiger partial charge in [0.05, 0.1) is 32.8 Å². The molecule has 3 heterocycles. The number of ether oxygens (including phenoxy) is 2. The van der Waals surface area contributed by atoms with Gasteiger partial charge in [0.1, 0.15) is 5.69 Å². The van der Waals surface area contributed by atoms with Crippen LogP contribution >= 0.6 is 0 Å². The Morgan fingerprint density at radius 3 is 2.24 bits per heavy atom. The first-order valence-electron chi connectivity index (χ1n) is 12.9. The zero-order chi connectivity index (χ0) is 28.5. The molecule has 0 radical (unpaired) electrons. The Balaban J connectivity index is 1.55. The van der Waals surface area contributed by atoms with Crippen LogP contribution < -0.4 is 15.0 Å². The molecule has 3 aromatic carbocycles. The number of hydrogen-bond donors (Lipinski definition) is 2. The van der Waals surface area contributed by atoms with Crippen LogP contribution in [0.5, 0.6) is 11.5 Å². The molecule has 0 saturated heterocycles. The zero-order valence-corrected chi connectivity index (χ0v) is 22.4. The summed E-state index contributed by atoms with van der Waals surface area (Å²) in [5.74, 6) is 1.41. The van der Waals surface area contributed by atoms with E-state index in [-0.39, 0.29) is 18.8 Å². The van der Waals surface area contributed by atoms with E-state index in [2.05, 4.69) is 9.97 Å². The standard InChI is InChI=1S/C32H26N4O5/c1-40-27-13-21-12-22(17-37)26(18-38)30(25(21)14-28(27)41-2)19-9-10-29(34-16-19)36-32(39)24-8-4-3-7-23(24)31(35-36)20-6-5-11-33-15-20/h3-16,37-38H,17-18H2,1-2H3. The zero-order valence-electron chi connectivity index (χ0n) is 22.4. The third-order valence-electron chi connectivity index (χ3n) is 7.17. The molecule has 3 aromatic heterocycles. The fourth-order valence-corrected chi connectivity index (χ4v) is 5.20. The number of fused-ring (bicyclic) bond motifs is 2. The molecule has 0 fully saturated rings. The molecule has 0 spiro atoms. The monoisotopic (exact) mass is 546 g/mol. The maximum Gasteiger partial charge on any atom is 0.280 e. The average Bonchev–Trinajstić information content (AvgIpc) is 3.04. The highest BCUT2D eigenvalue weighted by Gasteiger charge is 2.19. The van der Waals surface area contributed by atoms with Crippen LogP contribution in [0.15, 0.2) is 90.1 Å². The normalized spacial score (nSPS) is 11.2. The van der Waals surface area contributed by atoms with Crippen LogP contribution in [0.3, 0.4) is 0 Å². The molecule has 9 heteroatoms. The van der Waals surface area contributed by atoms with E-state index in [0.29, 0.717) is 50.7 Å². The van der Waals surface area contributed by atoms with E-state index in [1.54, 1.807) is 44.9 Å². The summed E-state index contributed by atoms with van der Waals surface area (Å²) < 4.78 is 12.3. The highest BCUT2D eigenvalue weighted by molar-refractivity contribution is 6.01. The highest BCUT2D eigenvalue weighted by atomic mass is 16.5. The summed E-state index contributed by atoms with van der Waals surface area (Å²) in [5.41, 5.74) is 3.63. The lowest BCUT2D eigenvalue weighted by atomic mass is 9.90. The quantitative estimate of drug-likeness (QED) is 0.297. The van der Waals surface area contributed by atoms with Crippen LogP contribution in [0.25, 0.3) is 49.7 Å². The molecule has 9 nitrogen and oxygen atoms in total. The summed E-state index contributed by atoms with van der Waals surface area (Å²) in [7, 11) is 3.12. The van der Waals surface area contributed by atoms with Crippen LogP contribution in [-0.2, 0) is 13.2 Å². The van der Waals surface area contributed by atoms with Gasteiger partial charge in [-0.1, -0.05) is 18.2 Å². The second kappa shape index (κ2) is 10.8. The van der Waals surface area contributed by atoms with Gasteiger partial charge in [-0.15, -0.1) is 0 Å². The first-order chi connectivity index (χ1) is 20.1. The molecule has 0 bridgehead atoms. The van der Waals surface area contributed by atoms with Crippen LogP contribution in [0.2, 0.25) is 0 Å². The van der Waals surface area contributed by atoms with Crippen LogP contribution in [0, 0.1) is 0 Å². The van der Waals surface area contributed by atoms with Gasteiger partial charge < -0.3 is 19.7 Å². The number of benzene rings is 3. The van der Waals surface area contributed by atoms with Crippen molar-refractivity contribution in [2.24, 2.45) is 0 Å². The van der Waals surface area contributed by atoms with E-state index in [1.807, 2.05) is 54.6 Å². The van der Waals surface area contributed by atoms with Gasteiger partial charge in [0, 0.05) is 35.1 Å².